The van der Waals surface area contributed by atoms with Gasteiger partial charge >= 0.3 is 0 Å². The lowest BCUT2D eigenvalue weighted by molar-refractivity contribution is -0.130. The third-order valence-corrected chi connectivity index (χ3v) is 7.22. The normalized spacial score (nSPS) is 26.6. The maximum Gasteiger partial charge on any atom is 0.242 e. The first kappa shape index (κ1) is 18.7. The molecular formula is C21H30N4OS. The van der Waals surface area contributed by atoms with Crippen molar-refractivity contribution in [1.29, 1.82) is 0 Å². The van der Waals surface area contributed by atoms with Gasteiger partial charge in [0.05, 0.1) is 11.9 Å². The number of nitrogens with zero attached hydrogens (tertiary/aromatic N) is 3. The Bertz CT molecular complexity index is 890. The zero-order valence-electron chi connectivity index (χ0n) is 17.1. The lowest BCUT2D eigenvalue weighted by Gasteiger charge is -2.39. The van der Waals surface area contributed by atoms with E-state index in [2.05, 4.69) is 53.9 Å². The molecule has 0 radical (unpaired) electrons. The molecule has 1 N–H and O–H groups in total. The van der Waals surface area contributed by atoms with Crippen molar-refractivity contribution in [2.24, 2.45) is 10.8 Å². The van der Waals surface area contributed by atoms with Crippen LogP contribution in [0.3, 0.4) is 0 Å². The van der Waals surface area contributed by atoms with Gasteiger partial charge < -0.3 is 10.2 Å². The second kappa shape index (κ2) is 6.43. The third-order valence-electron chi connectivity index (χ3n) is 6.05. The minimum absolute atomic E-state index is 0.191. The molecule has 2 aromatic rings. The number of likely N-dealkylation sites (tertiary alicyclic amines) is 1. The summed E-state index contributed by atoms with van der Waals surface area (Å²) in [4.78, 5) is 26.6. The highest BCUT2D eigenvalue weighted by molar-refractivity contribution is 7.18. The van der Waals surface area contributed by atoms with Crippen LogP contribution >= 0.6 is 11.3 Å². The van der Waals surface area contributed by atoms with Crippen LogP contribution in [0.1, 0.15) is 57.7 Å². The number of hydrogen-bond donors (Lipinski definition) is 1. The van der Waals surface area contributed by atoms with Crippen molar-refractivity contribution in [2.45, 2.75) is 66.3 Å². The van der Waals surface area contributed by atoms with E-state index in [0.29, 0.717) is 18.0 Å². The number of carbonyl (C=O) groups excluding carboxylic acids is 1. The van der Waals surface area contributed by atoms with Gasteiger partial charge in [0.15, 0.2) is 0 Å². The first-order valence-corrected chi connectivity index (χ1v) is 10.8. The topological polar surface area (TPSA) is 58.1 Å². The number of anilines is 1. The molecule has 3 heterocycles. The van der Waals surface area contributed by atoms with Crippen molar-refractivity contribution < 1.29 is 4.79 Å². The Hall–Kier alpha value is -1.69. The Morgan fingerprint density at radius 3 is 2.85 bits per heavy atom. The molecule has 2 aliphatic rings. The minimum atomic E-state index is 0.191. The summed E-state index contributed by atoms with van der Waals surface area (Å²) in [6.07, 6.45) is 4.44. The van der Waals surface area contributed by atoms with E-state index < -0.39 is 0 Å². The number of amides is 1. The Morgan fingerprint density at radius 1 is 1.33 bits per heavy atom. The van der Waals surface area contributed by atoms with Crippen molar-refractivity contribution in [2.75, 3.05) is 18.4 Å². The molecule has 1 aliphatic heterocycles. The Labute approximate surface area is 165 Å². The molecule has 1 amide bonds. The first-order valence-electron chi connectivity index (χ1n) is 9.98. The lowest BCUT2D eigenvalue weighted by atomic mass is 9.65. The maximum absolute atomic E-state index is 13.0. The third kappa shape index (κ3) is 3.56. The number of rotatable bonds is 4. The van der Waals surface area contributed by atoms with Crippen molar-refractivity contribution >= 4 is 33.3 Å². The van der Waals surface area contributed by atoms with E-state index in [1.54, 1.807) is 11.3 Å². The molecule has 2 aromatic heterocycles. The number of thiophene rings is 1. The van der Waals surface area contributed by atoms with Crippen LogP contribution in [0.25, 0.3) is 10.2 Å². The van der Waals surface area contributed by atoms with Gasteiger partial charge in [0.1, 0.15) is 16.5 Å². The molecule has 27 heavy (non-hydrogen) atoms. The summed E-state index contributed by atoms with van der Waals surface area (Å²) in [6.45, 7) is 12.3. The van der Waals surface area contributed by atoms with Crippen LogP contribution in [0.2, 0.25) is 0 Å². The first-order chi connectivity index (χ1) is 12.7. The van der Waals surface area contributed by atoms with E-state index in [0.717, 1.165) is 47.7 Å². The fraction of sp³-hybridized carbons (Fsp3) is 0.667. The lowest BCUT2D eigenvalue weighted by Crippen LogP contribution is -2.40. The molecule has 1 aliphatic carbocycles. The number of nitrogens with one attached hydrogen (secondary N) is 1. The average molecular weight is 387 g/mol. The van der Waals surface area contributed by atoms with Crippen LogP contribution in [0, 0.1) is 17.8 Å². The molecule has 6 heteroatoms. The molecular weight excluding hydrogens is 356 g/mol. The molecule has 0 spiro atoms. The van der Waals surface area contributed by atoms with E-state index in [1.807, 2.05) is 6.92 Å². The van der Waals surface area contributed by atoms with E-state index >= 15 is 0 Å². The Kier molecular flexibility index (Phi) is 4.45. The molecule has 1 saturated carbocycles. The summed E-state index contributed by atoms with van der Waals surface area (Å²) >= 11 is 1.71. The van der Waals surface area contributed by atoms with Crippen LogP contribution in [0.15, 0.2) is 6.07 Å². The van der Waals surface area contributed by atoms with Gasteiger partial charge in [-0.25, -0.2) is 9.97 Å². The molecule has 2 bridgehead atoms. The van der Waals surface area contributed by atoms with Crippen molar-refractivity contribution in [3.63, 3.8) is 0 Å². The Morgan fingerprint density at radius 2 is 2.11 bits per heavy atom. The van der Waals surface area contributed by atoms with Crippen LogP contribution in [-0.4, -0.2) is 39.9 Å². The number of carbonyl (C=O) groups is 1. The van der Waals surface area contributed by atoms with Gasteiger partial charge in [-0.05, 0) is 49.5 Å². The van der Waals surface area contributed by atoms with Crippen molar-refractivity contribution in [1.82, 2.24) is 14.9 Å². The minimum Gasteiger partial charge on any atom is -0.360 e. The standard InChI is InChI=1S/C21H30N4OS/c1-6-15-7-16-18(23-13(2)24-19(16)27-15)22-10-17(26)25-12-21(5)9-14(25)8-20(3,4)11-21/h7,14H,6,8-12H2,1-5H3,(H,22,23,24). The highest BCUT2D eigenvalue weighted by atomic mass is 32.1. The summed E-state index contributed by atoms with van der Waals surface area (Å²) in [7, 11) is 0. The SMILES string of the molecule is CCc1cc2c(NCC(=O)N3CC4(C)CC3CC(C)(C)C4)nc(C)nc2s1. The van der Waals surface area contributed by atoms with Crippen LogP contribution in [-0.2, 0) is 11.2 Å². The molecule has 146 valence electrons. The van der Waals surface area contributed by atoms with Gasteiger partial charge in [-0.1, -0.05) is 27.7 Å². The molecule has 2 unspecified atom stereocenters. The zero-order chi connectivity index (χ0) is 19.4. The van der Waals surface area contributed by atoms with Crippen molar-refractivity contribution in [3.8, 4) is 0 Å². The molecule has 4 rings (SSSR count). The Balaban J connectivity index is 1.50. The summed E-state index contributed by atoms with van der Waals surface area (Å²) in [5.41, 5.74) is 0.591. The van der Waals surface area contributed by atoms with Gasteiger partial charge in [-0.2, -0.15) is 0 Å². The van der Waals surface area contributed by atoms with E-state index in [1.165, 1.54) is 11.3 Å². The van der Waals surface area contributed by atoms with E-state index in [4.69, 9.17) is 0 Å². The van der Waals surface area contributed by atoms with Gasteiger partial charge in [-0.15, -0.1) is 11.3 Å². The zero-order valence-corrected chi connectivity index (χ0v) is 17.9. The largest absolute Gasteiger partial charge is 0.360 e. The number of aryl methyl sites for hydroxylation is 2. The second-order valence-corrected chi connectivity index (χ2v) is 10.6. The highest BCUT2D eigenvalue weighted by Gasteiger charge is 2.50. The van der Waals surface area contributed by atoms with E-state index in [9.17, 15) is 4.79 Å². The monoisotopic (exact) mass is 386 g/mol. The summed E-state index contributed by atoms with van der Waals surface area (Å²) < 4.78 is 0. The average Bonchev–Trinajstić information content (AvgIpc) is 3.08. The molecule has 1 saturated heterocycles. The van der Waals surface area contributed by atoms with Crippen LogP contribution in [0.4, 0.5) is 5.82 Å². The van der Waals surface area contributed by atoms with Gasteiger partial charge in [0.2, 0.25) is 5.91 Å². The van der Waals surface area contributed by atoms with E-state index in [-0.39, 0.29) is 11.3 Å². The highest BCUT2D eigenvalue weighted by Crippen LogP contribution is 2.52. The predicted octanol–water partition coefficient (Wildman–Crippen LogP) is 4.40. The van der Waals surface area contributed by atoms with Gasteiger partial charge in [0.25, 0.3) is 0 Å². The quantitative estimate of drug-likeness (QED) is 0.846. The summed E-state index contributed by atoms with van der Waals surface area (Å²) in [5, 5.41) is 4.35. The molecule has 2 atom stereocenters. The summed E-state index contributed by atoms with van der Waals surface area (Å²) in [6, 6.07) is 2.53. The van der Waals surface area contributed by atoms with Crippen LogP contribution in [0.5, 0.6) is 0 Å². The predicted molar refractivity (Wildman–Crippen MR) is 111 cm³/mol. The fourth-order valence-electron chi connectivity index (χ4n) is 5.40. The maximum atomic E-state index is 13.0. The molecule has 2 fully saturated rings. The van der Waals surface area contributed by atoms with Gasteiger partial charge in [-0.3, -0.25) is 4.79 Å². The fourth-order valence-corrected chi connectivity index (χ4v) is 6.41. The summed E-state index contributed by atoms with van der Waals surface area (Å²) in [5.74, 6) is 1.72. The smallest absolute Gasteiger partial charge is 0.242 e. The second-order valence-electron chi connectivity index (χ2n) is 9.49. The molecule has 0 aromatic carbocycles. The van der Waals surface area contributed by atoms with Crippen LogP contribution < -0.4 is 5.32 Å². The van der Waals surface area contributed by atoms with Crippen molar-refractivity contribution in [3.05, 3.63) is 16.8 Å². The number of hydrogen-bond acceptors (Lipinski definition) is 5. The number of fused-ring (bicyclic) bond motifs is 3. The van der Waals surface area contributed by atoms with Gasteiger partial charge in [0, 0.05) is 17.5 Å². The molecule has 5 nitrogen and oxygen atoms in total. The number of aromatic nitrogens is 2.